The number of benzene rings is 5. The molecule has 2 aliphatic carbocycles. The first-order valence-electron chi connectivity index (χ1n) is 18.4. The Hall–Kier alpha value is -5.66. The van der Waals surface area contributed by atoms with Gasteiger partial charge in [0.05, 0.1) is 46.7 Å². The Balaban J connectivity index is 1.27. The van der Waals surface area contributed by atoms with Gasteiger partial charge in [0.25, 0.3) is 11.8 Å². The molecule has 0 spiro atoms. The lowest BCUT2D eigenvalue weighted by atomic mass is 9.49. The summed E-state index contributed by atoms with van der Waals surface area (Å²) in [6.45, 7) is 0. The fourth-order valence-corrected chi connectivity index (χ4v) is 10.3. The van der Waals surface area contributed by atoms with E-state index in [4.69, 9.17) is 27.9 Å². The molecule has 4 aliphatic rings. The molecule has 5 aromatic rings. The van der Waals surface area contributed by atoms with Crippen molar-refractivity contribution in [2.75, 3.05) is 17.4 Å². The van der Waals surface area contributed by atoms with Crippen molar-refractivity contribution in [1.29, 1.82) is 0 Å². The Bertz CT molecular complexity index is 2570. The summed E-state index contributed by atoms with van der Waals surface area (Å²) in [4.78, 5) is 60.8. The van der Waals surface area contributed by atoms with E-state index in [9.17, 15) is 24.7 Å². The number of hydrogen-bond donors (Lipinski definition) is 4. The number of methoxy groups -OCH3 is 1. The van der Waals surface area contributed by atoms with Crippen LogP contribution in [0.2, 0.25) is 10.0 Å². The minimum Gasteiger partial charge on any atom is -0.507 e. The molecule has 9 rings (SSSR count). The number of hydrogen-bond acceptors (Lipinski definition) is 9. The summed E-state index contributed by atoms with van der Waals surface area (Å²) in [7, 11) is -0.281. The Morgan fingerprint density at radius 3 is 2.30 bits per heavy atom. The monoisotopic (exact) mass is 801 g/mol. The molecule has 3 fully saturated rings. The number of fused-ring (bicyclic) bond motifs is 5. The molecule has 0 aromatic heterocycles. The first-order chi connectivity index (χ1) is 27.4. The van der Waals surface area contributed by atoms with Crippen LogP contribution in [0.1, 0.15) is 29.9 Å². The second-order valence-electron chi connectivity index (χ2n) is 14.9. The average Bonchev–Trinajstić information content (AvgIpc) is 3.60. The van der Waals surface area contributed by atoms with E-state index in [0.717, 1.165) is 15.5 Å². The van der Waals surface area contributed by atoms with E-state index in [-0.39, 0.29) is 40.5 Å². The third-order valence-corrected chi connectivity index (χ3v) is 12.8. The molecule has 4 amide bonds. The maximum Gasteiger partial charge on any atom is 0.488 e. The summed E-state index contributed by atoms with van der Waals surface area (Å²) in [6.07, 6.45) is 2.18. The fourth-order valence-electron chi connectivity index (χ4n) is 9.83. The Morgan fingerprint density at radius 2 is 1.58 bits per heavy atom. The van der Waals surface area contributed by atoms with Crippen LogP contribution in [0.15, 0.2) is 115 Å². The van der Waals surface area contributed by atoms with Crippen LogP contribution in [-0.4, -0.2) is 58.0 Å². The maximum absolute atomic E-state index is 15.6. The number of hydrazine groups is 1. The van der Waals surface area contributed by atoms with Crippen molar-refractivity contribution in [2.45, 2.75) is 24.2 Å². The molecule has 11 nitrogen and oxygen atoms in total. The van der Waals surface area contributed by atoms with E-state index in [1.165, 1.54) is 25.3 Å². The molecule has 6 unspecified atom stereocenters. The topological polar surface area (TPSA) is 157 Å². The average molecular weight is 802 g/mol. The van der Waals surface area contributed by atoms with E-state index < -0.39 is 65.8 Å². The minimum absolute atomic E-state index is 0.0337. The van der Waals surface area contributed by atoms with E-state index in [1.807, 2.05) is 18.2 Å². The van der Waals surface area contributed by atoms with Crippen molar-refractivity contribution >= 4 is 81.6 Å². The van der Waals surface area contributed by atoms with Gasteiger partial charge in [0.15, 0.2) is 0 Å². The van der Waals surface area contributed by atoms with Gasteiger partial charge in [-0.1, -0.05) is 89.4 Å². The van der Waals surface area contributed by atoms with E-state index in [2.05, 4.69) is 5.43 Å². The van der Waals surface area contributed by atoms with Gasteiger partial charge in [-0.15, -0.1) is 0 Å². The number of halogens is 2. The summed E-state index contributed by atoms with van der Waals surface area (Å²) in [5.74, 6) is -5.68. The predicted molar refractivity (Wildman–Crippen MR) is 215 cm³/mol. The number of imide groups is 2. The number of nitrogens with one attached hydrogen (secondary N) is 1. The zero-order valence-corrected chi connectivity index (χ0v) is 31.8. The number of aromatic hydroxyl groups is 1. The fraction of sp³-hybridized carbons (Fsp3) is 0.209. The second kappa shape index (κ2) is 13.8. The molecule has 4 N–H and O–H groups in total. The number of anilines is 2. The highest BCUT2D eigenvalue weighted by atomic mass is 35.5. The molecule has 286 valence electrons. The molecular weight excluding hydrogens is 768 g/mol. The number of carbonyl (C=O) groups is 4. The SMILES string of the molecule is COc1ccc(C23C(=O)N(Nc4ccc(Cl)cc4Cl)C(=O)C2CC2C(=CCC4C(=O)N(c5cccc(B(O)O)c5)C(=O)C42)C3c2ccc(O)c3ccccc23)cc1. The molecule has 2 heterocycles. The highest BCUT2D eigenvalue weighted by Gasteiger charge is 2.70. The highest BCUT2D eigenvalue weighted by molar-refractivity contribution is 6.58. The number of carbonyl (C=O) groups excluding carboxylic acids is 4. The number of amides is 4. The number of phenolic OH excluding ortho intramolecular Hbond substituents is 1. The van der Waals surface area contributed by atoms with Gasteiger partial charge >= 0.3 is 7.12 Å². The molecule has 57 heavy (non-hydrogen) atoms. The lowest BCUT2D eigenvalue weighted by molar-refractivity contribution is -0.138. The third kappa shape index (κ3) is 5.49. The van der Waals surface area contributed by atoms with Crippen LogP contribution in [0.3, 0.4) is 0 Å². The van der Waals surface area contributed by atoms with Crippen LogP contribution in [-0.2, 0) is 24.6 Å². The van der Waals surface area contributed by atoms with Gasteiger partial charge in [0.1, 0.15) is 11.5 Å². The smallest absolute Gasteiger partial charge is 0.488 e. The maximum atomic E-state index is 15.6. The Morgan fingerprint density at radius 1 is 0.825 bits per heavy atom. The summed E-state index contributed by atoms with van der Waals surface area (Å²) in [5, 5.41) is 33.6. The van der Waals surface area contributed by atoms with Gasteiger partial charge in [0, 0.05) is 16.3 Å². The molecule has 2 aliphatic heterocycles. The number of rotatable bonds is 7. The first-order valence-corrected chi connectivity index (χ1v) is 19.2. The van der Waals surface area contributed by atoms with Crippen molar-refractivity contribution in [3.05, 3.63) is 136 Å². The zero-order valence-electron chi connectivity index (χ0n) is 30.3. The molecule has 14 heteroatoms. The minimum atomic E-state index is -1.82. The van der Waals surface area contributed by atoms with Gasteiger partial charge in [-0.2, -0.15) is 5.01 Å². The lowest BCUT2D eigenvalue weighted by Crippen LogP contribution is -2.53. The van der Waals surface area contributed by atoms with Gasteiger partial charge in [0.2, 0.25) is 11.8 Å². The van der Waals surface area contributed by atoms with Crippen molar-refractivity contribution in [1.82, 2.24) is 5.01 Å². The van der Waals surface area contributed by atoms with Crippen molar-refractivity contribution in [3.63, 3.8) is 0 Å². The molecule has 2 saturated heterocycles. The van der Waals surface area contributed by atoms with Crippen LogP contribution in [0.4, 0.5) is 11.4 Å². The van der Waals surface area contributed by atoms with Gasteiger partial charge < -0.3 is 19.9 Å². The quantitative estimate of drug-likeness (QED) is 0.0918. The standard InChI is InChI=1S/C43H34BCl2N3O8/c1-57-26-12-9-22(10-13-26)43-33(40(52)49(42(43)54)47-35-17-11-24(45)20-34(35)46)21-32-30(38(43)29-16-18-36(50)28-8-3-2-7-27(28)29)14-15-31-37(32)41(53)48(39(31)51)25-6-4-5-23(19-25)44(55)56/h2-14,16-20,31-33,37-38,47,50,55-56H,15,21H2,1H3. The van der Waals surface area contributed by atoms with Crippen LogP contribution in [0, 0.1) is 23.7 Å². The number of ether oxygens (including phenoxy) is 1. The summed E-state index contributed by atoms with van der Waals surface area (Å²) in [5.41, 5.74) is 3.93. The number of nitrogens with zero attached hydrogens (tertiary/aromatic N) is 2. The third-order valence-electron chi connectivity index (χ3n) is 12.3. The van der Waals surface area contributed by atoms with Gasteiger partial charge in [-0.25, -0.2) is 0 Å². The Labute approximate surface area is 337 Å². The number of allylic oxidation sites excluding steroid dienone is 2. The molecule has 0 radical (unpaired) electrons. The largest absolute Gasteiger partial charge is 0.507 e. The van der Waals surface area contributed by atoms with Crippen LogP contribution < -0.4 is 20.5 Å². The van der Waals surface area contributed by atoms with Crippen molar-refractivity contribution in [2.24, 2.45) is 23.7 Å². The van der Waals surface area contributed by atoms with Crippen LogP contribution in [0.25, 0.3) is 10.8 Å². The van der Waals surface area contributed by atoms with Crippen LogP contribution in [0.5, 0.6) is 11.5 Å². The van der Waals surface area contributed by atoms with Crippen LogP contribution >= 0.6 is 23.2 Å². The molecule has 6 atom stereocenters. The van der Waals surface area contributed by atoms with E-state index in [0.29, 0.717) is 32.7 Å². The summed E-state index contributed by atoms with van der Waals surface area (Å²) >= 11 is 12.8. The van der Waals surface area contributed by atoms with Crippen molar-refractivity contribution < 1.29 is 39.1 Å². The van der Waals surface area contributed by atoms with Gasteiger partial charge in [-0.05, 0) is 89.3 Å². The zero-order chi connectivity index (χ0) is 39.9. The predicted octanol–water partition coefficient (Wildman–Crippen LogP) is 5.73. The molecular formula is C43H34BCl2N3O8. The molecule has 5 aromatic carbocycles. The summed E-state index contributed by atoms with van der Waals surface area (Å²) < 4.78 is 5.50. The van der Waals surface area contributed by atoms with Gasteiger partial charge in [-0.3, -0.25) is 29.5 Å². The first kappa shape index (κ1) is 37.0. The Kier molecular flexibility index (Phi) is 8.93. The van der Waals surface area contributed by atoms with Crippen molar-refractivity contribution in [3.8, 4) is 11.5 Å². The number of phenols is 1. The lowest BCUT2D eigenvalue weighted by Gasteiger charge is -2.51. The second-order valence-corrected chi connectivity index (χ2v) is 15.8. The molecule has 0 bridgehead atoms. The highest BCUT2D eigenvalue weighted by Crippen LogP contribution is 2.65. The van der Waals surface area contributed by atoms with E-state index in [1.54, 1.807) is 72.8 Å². The van der Waals surface area contributed by atoms with E-state index >= 15 is 9.59 Å². The summed E-state index contributed by atoms with van der Waals surface area (Å²) in [6, 6.07) is 28.3. The molecule has 1 saturated carbocycles. The normalized spacial score (nSPS) is 25.3.